The minimum Gasteiger partial charge on any atom is -0.409 e. The Morgan fingerprint density at radius 3 is 2.65 bits per heavy atom. The van der Waals surface area contributed by atoms with E-state index in [0.29, 0.717) is 5.69 Å². The number of aromatic nitrogens is 1. The van der Waals surface area contributed by atoms with Crippen LogP contribution in [0.2, 0.25) is 0 Å². The highest BCUT2D eigenvalue weighted by molar-refractivity contribution is 5.95. The first-order valence-corrected chi connectivity index (χ1v) is 6.31. The van der Waals surface area contributed by atoms with E-state index in [4.69, 9.17) is 10.9 Å². The van der Waals surface area contributed by atoms with Gasteiger partial charge in [-0.1, -0.05) is 29.4 Å². The molecular weight excluding hydrogens is 252 g/mol. The van der Waals surface area contributed by atoms with Crippen LogP contribution in [0, 0.1) is 6.92 Å². The van der Waals surface area contributed by atoms with Crippen LogP contribution >= 0.6 is 0 Å². The molecule has 1 aromatic carbocycles. The molecule has 5 nitrogen and oxygen atoms in total. The van der Waals surface area contributed by atoms with Gasteiger partial charge in [-0.15, -0.1) is 0 Å². The van der Waals surface area contributed by atoms with E-state index in [1.54, 1.807) is 12.3 Å². The molecule has 0 atom stereocenters. The summed E-state index contributed by atoms with van der Waals surface area (Å²) in [7, 11) is 2.01. The number of oxime groups is 1. The first-order chi connectivity index (χ1) is 9.61. The Kier molecular flexibility index (Phi) is 4.20. The Morgan fingerprint density at radius 1 is 1.30 bits per heavy atom. The fourth-order valence-corrected chi connectivity index (χ4v) is 1.95. The molecule has 0 fully saturated rings. The first kappa shape index (κ1) is 13.9. The average Bonchev–Trinajstić information content (AvgIpc) is 2.49. The van der Waals surface area contributed by atoms with Gasteiger partial charge in [0, 0.05) is 13.6 Å². The monoisotopic (exact) mass is 270 g/mol. The molecule has 0 bridgehead atoms. The highest BCUT2D eigenvalue weighted by atomic mass is 16.4. The molecule has 0 saturated heterocycles. The lowest BCUT2D eigenvalue weighted by atomic mass is 10.1. The fraction of sp³-hybridized carbons (Fsp3) is 0.200. The smallest absolute Gasteiger partial charge is 0.188 e. The number of nitrogens with zero attached hydrogens (tertiary/aromatic N) is 3. The van der Waals surface area contributed by atoms with Crippen LogP contribution in [0.3, 0.4) is 0 Å². The molecule has 20 heavy (non-hydrogen) atoms. The Balaban J connectivity index is 2.14. The highest BCUT2D eigenvalue weighted by Crippen LogP contribution is 2.16. The summed E-state index contributed by atoms with van der Waals surface area (Å²) in [6.45, 7) is 2.90. The topological polar surface area (TPSA) is 74.7 Å². The standard InChI is InChI=1S/C15H18N4O/c1-11-5-3-4-6-12(11)10-19(2)13-7-8-14(17-9-13)15(16)18-20/h3-9,20H,10H2,1-2H3,(H2,16,18). The lowest BCUT2D eigenvalue weighted by Crippen LogP contribution is -2.19. The fourth-order valence-electron chi connectivity index (χ4n) is 1.95. The van der Waals surface area contributed by atoms with Crippen molar-refractivity contribution in [2.75, 3.05) is 11.9 Å². The normalized spacial score (nSPS) is 11.4. The van der Waals surface area contributed by atoms with Crippen molar-refractivity contribution in [3.05, 3.63) is 59.4 Å². The molecule has 5 heteroatoms. The van der Waals surface area contributed by atoms with E-state index >= 15 is 0 Å². The second-order valence-corrected chi connectivity index (χ2v) is 4.67. The zero-order chi connectivity index (χ0) is 14.5. The number of rotatable bonds is 4. The van der Waals surface area contributed by atoms with Gasteiger partial charge in [-0.3, -0.25) is 4.98 Å². The van der Waals surface area contributed by atoms with E-state index < -0.39 is 0 Å². The van der Waals surface area contributed by atoms with E-state index in [9.17, 15) is 0 Å². The quantitative estimate of drug-likeness (QED) is 0.386. The van der Waals surface area contributed by atoms with Crippen molar-refractivity contribution in [1.29, 1.82) is 0 Å². The van der Waals surface area contributed by atoms with Crippen LogP contribution in [0.15, 0.2) is 47.8 Å². The van der Waals surface area contributed by atoms with Crippen molar-refractivity contribution >= 4 is 11.5 Å². The molecule has 1 aromatic heterocycles. The third-order valence-corrected chi connectivity index (χ3v) is 3.23. The van der Waals surface area contributed by atoms with Crippen LogP contribution in [-0.4, -0.2) is 23.1 Å². The average molecular weight is 270 g/mol. The van der Waals surface area contributed by atoms with Gasteiger partial charge in [0.05, 0.1) is 11.9 Å². The van der Waals surface area contributed by atoms with Gasteiger partial charge in [0.15, 0.2) is 5.84 Å². The van der Waals surface area contributed by atoms with E-state index in [-0.39, 0.29) is 5.84 Å². The Morgan fingerprint density at radius 2 is 2.05 bits per heavy atom. The van der Waals surface area contributed by atoms with Crippen molar-refractivity contribution in [3.8, 4) is 0 Å². The molecule has 104 valence electrons. The van der Waals surface area contributed by atoms with Crippen LogP contribution in [-0.2, 0) is 6.54 Å². The van der Waals surface area contributed by atoms with Gasteiger partial charge in [0.2, 0.25) is 0 Å². The molecule has 2 rings (SSSR count). The summed E-state index contributed by atoms with van der Waals surface area (Å²) in [5, 5.41) is 11.5. The summed E-state index contributed by atoms with van der Waals surface area (Å²) in [6.07, 6.45) is 1.71. The van der Waals surface area contributed by atoms with Gasteiger partial charge in [-0.05, 0) is 30.2 Å². The molecule has 0 aliphatic heterocycles. The number of benzene rings is 1. The van der Waals surface area contributed by atoms with Crippen LogP contribution in [0.4, 0.5) is 5.69 Å². The van der Waals surface area contributed by atoms with Gasteiger partial charge < -0.3 is 15.8 Å². The molecular formula is C15H18N4O. The van der Waals surface area contributed by atoms with E-state index in [0.717, 1.165) is 12.2 Å². The van der Waals surface area contributed by atoms with Crippen molar-refractivity contribution in [2.24, 2.45) is 10.9 Å². The molecule has 0 amide bonds. The minimum absolute atomic E-state index is 0.0121. The number of pyridine rings is 1. The number of amidine groups is 1. The maximum absolute atomic E-state index is 8.60. The predicted molar refractivity (Wildman–Crippen MR) is 80.0 cm³/mol. The van der Waals surface area contributed by atoms with Crippen molar-refractivity contribution in [2.45, 2.75) is 13.5 Å². The Bertz CT molecular complexity index is 608. The second-order valence-electron chi connectivity index (χ2n) is 4.67. The van der Waals surface area contributed by atoms with E-state index in [1.807, 2.05) is 25.2 Å². The molecule has 1 heterocycles. The molecule has 3 N–H and O–H groups in total. The summed E-state index contributed by atoms with van der Waals surface area (Å²) >= 11 is 0. The van der Waals surface area contributed by atoms with Crippen molar-refractivity contribution in [3.63, 3.8) is 0 Å². The lowest BCUT2D eigenvalue weighted by molar-refractivity contribution is 0.318. The third kappa shape index (κ3) is 3.06. The summed E-state index contributed by atoms with van der Waals surface area (Å²) in [6, 6.07) is 11.9. The van der Waals surface area contributed by atoms with Crippen molar-refractivity contribution < 1.29 is 5.21 Å². The van der Waals surface area contributed by atoms with Gasteiger partial charge in [0.25, 0.3) is 0 Å². The molecule has 0 radical (unpaired) electrons. The molecule has 0 unspecified atom stereocenters. The van der Waals surface area contributed by atoms with Gasteiger partial charge in [-0.2, -0.15) is 0 Å². The number of hydrogen-bond donors (Lipinski definition) is 2. The van der Waals surface area contributed by atoms with Gasteiger partial charge >= 0.3 is 0 Å². The Hall–Kier alpha value is -2.56. The zero-order valence-electron chi connectivity index (χ0n) is 11.6. The first-order valence-electron chi connectivity index (χ1n) is 6.31. The van der Waals surface area contributed by atoms with Crippen LogP contribution < -0.4 is 10.6 Å². The predicted octanol–water partition coefficient (Wildman–Crippen LogP) is 2.12. The maximum atomic E-state index is 8.60. The number of anilines is 1. The van der Waals surface area contributed by atoms with E-state index in [1.165, 1.54) is 11.1 Å². The van der Waals surface area contributed by atoms with E-state index in [2.05, 4.69) is 34.1 Å². The summed E-state index contributed by atoms with van der Waals surface area (Å²) in [5.74, 6) is 0.0121. The number of nitrogens with two attached hydrogens (primary N) is 1. The minimum atomic E-state index is 0.0121. The van der Waals surface area contributed by atoms with Gasteiger partial charge in [-0.25, -0.2) is 0 Å². The number of aryl methyl sites for hydroxylation is 1. The largest absolute Gasteiger partial charge is 0.409 e. The molecule has 0 saturated carbocycles. The van der Waals surface area contributed by atoms with Gasteiger partial charge in [0.1, 0.15) is 5.69 Å². The molecule has 0 aliphatic rings. The van der Waals surface area contributed by atoms with Crippen LogP contribution in [0.1, 0.15) is 16.8 Å². The highest BCUT2D eigenvalue weighted by Gasteiger charge is 2.06. The van der Waals surface area contributed by atoms with Crippen molar-refractivity contribution in [1.82, 2.24) is 4.98 Å². The zero-order valence-corrected chi connectivity index (χ0v) is 11.6. The van der Waals surface area contributed by atoms with Crippen LogP contribution in [0.5, 0.6) is 0 Å². The molecule has 0 spiro atoms. The maximum Gasteiger partial charge on any atom is 0.188 e. The number of hydrogen-bond acceptors (Lipinski definition) is 4. The summed E-state index contributed by atoms with van der Waals surface area (Å²) in [4.78, 5) is 6.28. The SMILES string of the molecule is Cc1ccccc1CN(C)c1ccc(/C(N)=N/O)nc1. The van der Waals surface area contributed by atoms with Crippen LogP contribution in [0.25, 0.3) is 0 Å². The summed E-state index contributed by atoms with van der Waals surface area (Å²) < 4.78 is 0. The molecule has 2 aromatic rings. The summed E-state index contributed by atoms with van der Waals surface area (Å²) in [5.41, 5.74) is 9.46. The second kappa shape index (κ2) is 6.06. The Labute approximate surface area is 118 Å². The molecule has 0 aliphatic carbocycles. The third-order valence-electron chi connectivity index (χ3n) is 3.23. The lowest BCUT2D eigenvalue weighted by Gasteiger charge is -2.20.